The highest BCUT2D eigenvalue weighted by atomic mass is 35.5. The number of aliphatic hydroxyl groups is 1. The molecular weight excluding hydrogens is 274 g/mol. The topological polar surface area (TPSA) is 41.5 Å². The molecule has 3 nitrogen and oxygen atoms in total. The zero-order valence-corrected chi connectivity index (χ0v) is 12.4. The van der Waals surface area contributed by atoms with Gasteiger partial charge in [0.2, 0.25) is 0 Å². The molecule has 4 heteroatoms. The van der Waals surface area contributed by atoms with Crippen LogP contribution in [0.1, 0.15) is 19.3 Å². The molecule has 0 saturated carbocycles. The molecule has 2 atom stereocenters. The molecule has 0 bridgehead atoms. The molecule has 0 fully saturated rings. The third-order valence-corrected chi connectivity index (χ3v) is 3.70. The van der Waals surface area contributed by atoms with Crippen LogP contribution in [0.2, 0.25) is 5.02 Å². The lowest BCUT2D eigenvalue weighted by molar-refractivity contribution is 0.105. The number of nitrogens with one attached hydrogen (secondary N) is 1. The van der Waals surface area contributed by atoms with Gasteiger partial charge in [0.15, 0.2) is 0 Å². The molecule has 1 aliphatic rings. The summed E-state index contributed by atoms with van der Waals surface area (Å²) < 4.78 is 5.51. The van der Waals surface area contributed by atoms with Crippen LogP contribution in [0.4, 0.5) is 0 Å². The van der Waals surface area contributed by atoms with Crippen molar-refractivity contribution in [3.8, 4) is 5.75 Å². The molecule has 0 heterocycles. The van der Waals surface area contributed by atoms with E-state index < -0.39 is 6.10 Å². The molecule has 1 aromatic rings. The summed E-state index contributed by atoms with van der Waals surface area (Å²) >= 11 is 5.80. The van der Waals surface area contributed by atoms with Gasteiger partial charge in [-0.05, 0) is 56.0 Å². The Morgan fingerprint density at radius 3 is 2.80 bits per heavy atom. The molecule has 1 aromatic carbocycles. The first-order chi connectivity index (χ1) is 9.74. The van der Waals surface area contributed by atoms with Crippen LogP contribution in [0, 0.1) is 5.92 Å². The molecule has 2 N–H and O–H groups in total. The number of benzene rings is 1. The zero-order valence-electron chi connectivity index (χ0n) is 11.6. The monoisotopic (exact) mass is 295 g/mol. The van der Waals surface area contributed by atoms with E-state index in [9.17, 15) is 5.11 Å². The van der Waals surface area contributed by atoms with Crippen LogP contribution in [0.3, 0.4) is 0 Å². The highest BCUT2D eigenvalue weighted by Gasteiger charge is 2.11. The minimum Gasteiger partial charge on any atom is -0.491 e. The Morgan fingerprint density at radius 2 is 2.10 bits per heavy atom. The number of rotatable bonds is 7. The Morgan fingerprint density at radius 1 is 1.30 bits per heavy atom. The fraction of sp³-hybridized carbons (Fsp3) is 0.500. The van der Waals surface area contributed by atoms with Gasteiger partial charge < -0.3 is 15.2 Å². The van der Waals surface area contributed by atoms with Crippen LogP contribution in [0.15, 0.2) is 36.4 Å². The van der Waals surface area contributed by atoms with Crippen LogP contribution >= 0.6 is 11.6 Å². The highest BCUT2D eigenvalue weighted by molar-refractivity contribution is 6.30. The molecule has 1 aliphatic carbocycles. The van der Waals surface area contributed by atoms with Gasteiger partial charge in [0, 0.05) is 11.6 Å². The fourth-order valence-electron chi connectivity index (χ4n) is 2.28. The third kappa shape index (κ3) is 5.53. The van der Waals surface area contributed by atoms with Gasteiger partial charge in [-0.2, -0.15) is 0 Å². The maximum atomic E-state index is 9.87. The van der Waals surface area contributed by atoms with Crippen molar-refractivity contribution in [1.29, 1.82) is 0 Å². The first-order valence-corrected chi connectivity index (χ1v) is 7.54. The van der Waals surface area contributed by atoms with Gasteiger partial charge in [-0.3, -0.25) is 0 Å². The van der Waals surface area contributed by atoms with E-state index in [2.05, 4.69) is 17.5 Å². The van der Waals surface area contributed by atoms with Crippen LogP contribution in [0.5, 0.6) is 5.75 Å². The minimum atomic E-state index is -0.496. The second-order valence-electron chi connectivity index (χ2n) is 5.23. The molecule has 110 valence electrons. The van der Waals surface area contributed by atoms with E-state index in [0.717, 1.165) is 18.7 Å². The van der Waals surface area contributed by atoms with Gasteiger partial charge in [0.25, 0.3) is 0 Å². The summed E-state index contributed by atoms with van der Waals surface area (Å²) in [5, 5.41) is 13.9. The van der Waals surface area contributed by atoms with Crippen LogP contribution in [0.25, 0.3) is 0 Å². The molecule has 0 aromatic heterocycles. The molecule has 0 amide bonds. The van der Waals surface area contributed by atoms with E-state index in [1.54, 1.807) is 24.3 Å². The summed E-state index contributed by atoms with van der Waals surface area (Å²) in [7, 11) is 0. The SMILES string of the molecule is OC(CNCC1CC=CCC1)COc1ccc(Cl)cc1. The van der Waals surface area contributed by atoms with Gasteiger partial charge in [-0.1, -0.05) is 23.8 Å². The molecule has 0 radical (unpaired) electrons. The van der Waals surface area contributed by atoms with Crippen molar-refractivity contribution < 1.29 is 9.84 Å². The van der Waals surface area contributed by atoms with Crippen molar-refractivity contribution in [2.45, 2.75) is 25.4 Å². The molecule has 0 spiro atoms. The fourth-order valence-corrected chi connectivity index (χ4v) is 2.40. The minimum absolute atomic E-state index is 0.291. The van der Waals surface area contributed by atoms with Crippen molar-refractivity contribution in [3.63, 3.8) is 0 Å². The summed E-state index contributed by atoms with van der Waals surface area (Å²) in [6.45, 7) is 1.81. The van der Waals surface area contributed by atoms with E-state index in [1.807, 2.05) is 0 Å². The lowest BCUT2D eigenvalue weighted by atomic mass is 9.94. The van der Waals surface area contributed by atoms with Crippen LogP contribution in [-0.2, 0) is 0 Å². The zero-order chi connectivity index (χ0) is 14.2. The molecule has 0 aliphatic heterocycles. The van der Waals surface area contributed by atoms with Gasteiger partial charge in [-0.15, -0.1) is 0 Å². The summed E-state index contributed by atoms with van der Waals surface area (Å²) in [5.74, 6) is 1.43. The smallest absolute Gasteiger partial charge is 0.119 e. The van der Waals surface area contributed by atoms with E-state index >= 15 is 0 Å². The van der Waals surface area contributed by atoms with Crippen molar-refractivity contribution >= 4 is 11.6 Å². The molecule has 2 unspecified atom stereocenters. The quantitative estimate of drug-likeness (QED) is 0.760. The Kier molecular flexibility index (Phi) is 6.37. The number of halogens is 1. The number of hydrogen-bond donors (Lipinski definition) is 2. The van der Waals surface area contributed by atoms with Crippen LogP contribution < -0.4 is 10.1 Å². The Hall–Kier alpha value is -1.03. The molecule has 2 rings (SSSR count). The average molecular weight is 296 g/mol. The van der Waals surface area contributed by atoms with Gasteiger partial charge in [0.1, 0.15) is 18.5 Å². The maximum absolute atomic E-state index is 9.87. The summed E-state index contributed by atoms with van der Waals surface area (Å²) in [5.41, 5.74) is 0. The van der Waals surface area contributed by atoms with E-state index in [0.29, 0.717) is 24.1 Å². The lowest BCUT2D eigenvalue weighted by Crippen LogP contribution is -2.34. The maximum Gasteiger partial charge on any atom is 0.119 e. The predicted molar refractivity (Wildman–Crippen MR) is 82.3 cm³/mol. The van der Waals surface area contributed by atoms with Gasteiger partial charge in [-0.25, -0.2) is 0 Å². The molecule has 20 heavy (non-hydrogen) atoms. The summed E-state index contributed by atoms with van der Waals surface area (Å²) in [6, 6.07) is 7.16. The van der Waals surface area contributed by atoms with Crippen LogP contribution in [-0.4, -0.2) is 30.9 Å². The highest BCUT2D eigenvalue weighted by Crippen LogP contribution is 2.17. The number of hydrogen-bond acceptors (Lipinski definition) is 3. The van der Waals surface area contributed by atoms with Crippen molar-refractivity contribution in [1.82, 2.24) is 5.32 Å². The Bertz CT molecular complexity index is 419. The van der Waals surface area contributed by atoms with Crippen molar-refractivity contribution in [2.24, 2.45) is 5.92 Å². The van der Waals surface area contributed by atoms with Crippen molar-refractivity contribution in [2.75, 3.05) is 19.7 Å². The standard InChI is InChI=1S/C16H22ClNO2/c17-14-6-8-16(9-7-14)20-12-15(19)11-18-10-13-4-2-1-3-5-13/h1-2,6-9,13,15,18-19H,3-5,10-12H2. The van der Waals surface area contributed by atoms with Gasteiger partial charge >= 0.3 is 0 Å². The largest absolute Gasteiger partial charge is 0.491 e. The first kappa shape index (κ1) is 15.4. The third-order valence-electron chi connectivity index (χ3n) is 3.45. The lowest BCUT2D eigenvalue weighted by Gasteiger charge is -2.19. The van der Waals surface area contributed by atoms with E-state index in [1.165, 1.54) is 12.8 Å². The van der Waals surface area contributed by atoms with E-state index in [-0.39, 0.29) is 0 Å². The predicted octanol–water partition coefficient (Wildman–Crippen LogP) is 3.03. The number of aliphatic hydroxyl groups excluding tert-OH is 1. The summed E-state index contributed by atoms with van der Waals surface area (Å²) in [4.78, 5) is 0. The second kappa shape index (κ2) is 8.30. The van der Waals surface area contributed by atoms with Gasteiger partial charge in [0.05, 0.1) is 0 Å². The average Bonchev–Trinajstić information content (AvgIpc) is 2.48. The molecule has 0 saturated heterocycles. The number of ether oxygens (including phenoxy) is 1. The Balaban J connectivity index is 1.59. The number of allylic oxidation sites excluding steroid dienone is 2. The second-order valence-corrected chi connectivity index (χ2v) is 5.66. The molecular formula is C16H22ClNO2. The van der Waals surface area contributed by atoms with Crippen molar-refractivity contribution in [3.05, 3.63) is 41.4 Å². The summed E-state index contributed by atoms with van der Waals surface area (Å²) in [6.07, 6.45) is 7.55. The Labute approximate surface area is 125 Å². The first-order valence-electron chi connectivity index (χ1n) is 7.16. The van der Waals surface area contributed by atoms with E-state index in [4.69, 9.17) is 16.3 Å². The normalized spacial score (nSPS) is 19.8.